The summed E-state index contributed by atoms with van der Waals surface area (Å²) in [6.07, 6.45) is 19.1. The van der Waals surface area contributed by atoms with Gasteiger partial charge in [-0.1, -0.05) is 64.8 Å². The zero-order valence-corrected chi connectivity index (χ0v) is 21.0. The van der Waals surface area contributed by atoms with E-state index in [2.05, 4.69) is 52.8 Å². The van der Waals surface area contributed by atoms with Crippen LogP contribution >= 0.6 is 0 Å². The number of rotatable bonds is 5. The first kappa shape index (κ1) is 23.1. The quantitative estimate of drug-likeness (QED) is 0.332. The molecule has 31 heavy (non-hydrogen) atoms. The van der Waals surface area contributed by atoms with Gasteiger partial charge in [-0.05, 0) is 91.3 Å². The highest BCUT2D eigenvalue weighted by Crippen LogP contribution is 2.67. The lowest BCUT2D eigenvalue weighted by Gasteiger charge is -2.58. The van der Waals surface area contributed by atoms with Gasteiger partial charge in [0.15, 0.2) is 0 Å². The molecule has 3 saturated carbocycles. The van der Waals surface area contributed by atoms with E-state index in [-0.39, 0.29) is 12.1 Å². The Morgan fingerprint density at radius 2 is 1.90 bits per heavy atom. The smallest absolute Gasteiger partial charge is 0.302 e. The minimum Gasteiger partial charge on any atom is -0.462 e. The Kier molecular flexibility index (Phi) is 6.50. The SMILES string of the molecule is CCC(C)/C=C/[C@H](C)C1CCC2C3CC=C4C[C@@H](OC(C)=O)CC[C@]4(C)C3CC[C@@]21C. The summed E-state index contributed by atoms with van der Waals surface area (Å²) in [6.45, 7) is 13.9. The predicted molar refractivity (Wildman–Crippen MR) is 129 cm³/mol. The maximum Gasteiger partial charge on any atom is 0.302 e. The van der Waals surface area contributed by atoms with Gasteiger partial charge < -0.3 is 4.74 Å². The van der Waals surface area contributed by atoms with Gasteiger partial charge in [-0.15, -0.1) is 0 Å². The molecule has 9 atom stereocenters. The van der Waals surface area contributed by atoms with Crippen LogP contribution in [0.2, 0.25) is 0 Å². The number of hydrogen-bond acceptors (Lipinski definition) is 2. The third-order valence-electron chi connectivity index (χ3n) is 10.5. The van der Waals surface area contributed by atoms with E-state index < -0.39 is 0 Å². The first-order valence-corrected chi connectivity index (χ1v) is 13.2. The highest BCUT2D eigenvalue weighted by molar-refractivity contribution is 5.66. The Morgan fingerprint density at radius 1 is 1.13 bits per heavy atom. The lowest BCUT2D eigenvalue weighted by atomic mass is 9.47. The molecule has 0 aromatic carbocycles. The van der Waals surface area contributed by atoms with Crippen LogP contribution in [0.4, 0.5) is 0 Å². The molecule has 5 unspecified atom stereocenters. The third-order valence-corrected chi connectivity index (χ3v) is 10.5. The summed E-state index contributed by atoms with van der Waals surface area (Å²) in [4.78, 5) is 11.5. The summed E-state index contributed by atoms with van der Waals surface area (Å²) in [5.41, 5.74) is 2.45. The molecule has 0 aromatic rings. The molecular weight excluding hydrogens is 380 g/mol. The van der Waals surface area contributed by atoms with E-state index in [0.717, 1.165) is 36.5 Å². The second-order valence-corrected chi connectivity index (χ2v) is 12.1. The van der Waals surface area contributed by atoms with Crippen LogP contribution in [0.1, 0.15) is 99.3 Å². The Hall–Kier alpha value is -1.05. The molecular formula is C29H46O2. The Morgan fingerprint density at radius 3 is 2.61 bits per heavy atom. The Bertz CT molecular complexity index is 735. The average molecular weight is 427 g/mol. The minimum atomic E-state index is -0.121. The third kappa shape index (κ3) is 4.06. The molecule has 2 heteroatoms. The second-order valence-electron chi connectivity index (χ2n) is 12.1. The predicted octanol–water partition coefficient (Wildman–Crippen LogP) is 7.74. The molecule has 0 amide bonds. The molecule has 0 radical (unpaired) electrons. The van der Waals surface area contributed by atoms with Crippen LogP contribution in [-0.2, 0) is 9.53 Å². The van der Waals surface area contributed by atoms with Gasteiger partial charge in [-0.2, -0.15) is 0 Å². The summed E-state index contributed by atoms with van der Waals surface area (Å²) in [7, 11) is 0. The Balaban J connectivity index is 1.51. The molecule has 4 aliphatic carbocycles. The molecule has 0 heterocycles. The monoisotopic (exact) mass is 426 g/mol. The average Bonchev–Trinajstić information content (AvgIpc) is 3.09. The van der Waals surface area contributed by atoms with Crippen molar-refractivity contribution in [2.24, 2.45) is 46.3 Å². The Labute approximate surface area is 191 Å². The van der Waals surface area contributed by atoms with Gasteiger partial charge >= 0.3 is 5.97 Å². The lowest BCUT2D eigenvalue weighted by molar-refractivity contribution is -0.148. The first-order valence-electron chi connectivity index (χ1n) is 13.2. The van der Waals surface area contributed by atoms with Gasteiger partial charge in [0.25, 0.3) is 0 Å². The summed E-state index contributed by atoms with van der Waals surface area (Å²) in [5, 5.41) is 0. The van der Waals surface area contributed by atoms with Gasteiger partial charge in [0.1, 0.15) is 6.10 Å². The number of esters is 1. The maximum absolute atomic E-state index is 11.5. The molecule has 0 aliphatic heterocycles. The van der Waals surface area contributed by atoms with Crippen LogP contribution in [-0.4, -0.2) is 12.1 Å². The van der Waals surface area contributed by atoms with E-state index >= 15 is 0 Å². The fraction of sp³-hybridized carbons (Fsp3) is 0.828. The van der Waals surface area contributed by atoms with E-state index in [1.807, 2.05) is 0 Å². The molecule has 0 saturated heterocycles. The van der Waals surface area contributed by atoms with Crippen LogP contribution in [0.3, 0.4) is 0 Å². The number of carbonyl (C=O) groups excluding carboxylic acids is 1. The highest BCUT2D eigenvalue weighted by atomic mass is 16.5. The largest absolute Gasteiger partial charge is 0.462 e. The van der Waals surface area contributed by atoms with Gasteiger partial charge in [0.2, 0.25) is 0 Å². The van der Waals surface area contributed by atoms with Crippen molar-refractivity contribution in [1.82, 2.24) is 0 Å². The molecule has 174 valence electrons. The van der Waals surface area contributed by atoms with Crippen molar-refractivity contribution in [3.63, 3.8) is 0 Å². The van der Waals surface area contributed by atoms with Crippen molar-refractivity contribution in [2.45, 2.75) is 105 Å². The number of hydrogen-bond donors (Lipinski definition) is 0. The zero-order valence-electron chi connectivity index (χ0n) is 21.0. The lowest BCUT2D eigenvalue weighted by Crippen LogP contribution is -2.51. The van der Waals surface area contributed by atoms with Crippen molar-refractivity contribution < 1.29 is 9.53 Å². The molecule has 4 rings (SSSR count). The number of allylic oxidation sites excluding steroid dienone is 3. The normalized spacial score (nSPS) is 44.1. The molecule has 0 spiro atoms. The van der Waals surface area contributed by atoms with Crippen molar-refractivity contribution in [2.75, 3.05) is 0 Å². The standard InChI is InChI=1S/C29H46O2/c1-7-19(2)8-9-20(3)25-12-13-26-24-11-10-22-18-23(31-21(4)30)14-16-28(22,5)27(24)15-17-29(25,26)6/h8-10,19-20,23-27H,7,11-18H2,1-6H3/b9-8+/t19?,20-,23-,24?,25?,26?,27?,28-,29+/m0/s1. The van der Waals surface area contributed by atoms with Gasteiger partial charge in [0.05, 0.1) is 0 Å². The van der Waals surface area contributed by atoms with Crippen molar-refractivity contribution in [3.8, 4) is 0 Å². The van der Waals surface area contributed by atoms with E-state index in [0.29, 0.717) is 22.7 Å². The van der Waals surface area contributed by atoms with Crippen LogP contribution in [0.25, 0.3) is 0 Å². The van der Waals surface area contributed by atoms with Gasteiger partial charge in [0, 0.05) is 13.3 Å². The fourth-order valence-electron chi connectivity index (χ4n) is 8.50. The van der Waals surface area contributed by atoms with E-state index in [9.17, 15) is 4.79 Å². The van der Waals surface area contributed by atoms with E-state index in [1.165, 1.54) is 44.9 Å². The van der Waals surface area contributed by atoms with Crippen LogP contribution in [0.5, 0.6) is 0 Å². The molecule has 0 bridgehead atoms. The van der Waals surface area contributed by atoms with Crippen LogP contribution in [0.15, 0.2) is 23.8 Å². The number of fused-ring (bicyclic) bond motifs is 5. The van der Waals surface area contributed by atoms with Gasteiger partial charge in [-0.3, -0.25) is 4.79 Å². The summed E-state index contributed by atoms with van der Waals surface area (Å²) in [5.74, 6) is 4.69. The van der Waals surface area contributed by atoms with Crippen molar-refractivity contribution in [3.05, 3.63) is 23.8 Å². The molecule has 4 aliphatic rings. The minimum absolute atomic E-state index is 0.108. The first-order chi connectivity index (χ1) is 14.7. The summed E-state index contributed by atoms with van der Waals surface area (Å²) >= 11 is 0. The second kappa shape index (κ2) is 8.71. The summed E-state index contributed by atoms with van der Waals surface area (Å²) in [6, 6.07) is 0. The number of carbonyl (C=O) groups is 1. The van der Waals surface area contributed by atoms with E-state index in [4.69, 9.17) is 4.74 Å². The van der Waals surface area contributed by atoms with Crippen molar-refractivity contribution >= 4 is 5.97 Å². The fourth-order valence-corrected chi connectivity index (χ4v) is 8.50. The molecule has 2 nitrogen and oxygen atoms in total. The van der Waals surface area contributed by atoms with Crippen LogP contribution < -0.4 is 0 Å². The zero-order chi connectivity index (χ0) is 22.4. The summed E-state index contributed by atoms with van der Waals surface area (Å²) < 4.78 is 5.61. The molecule has 0 N–H and O–H groups in total. The molecule has 0 aromatic heterocycles. The number of ether oxygens (including phenoxy) is 1. The van der Waals surface area contributed by atoms with Gasteiger partial charge in [-0.25, -0.2) is 0 Å². The van der Waals surface area contributed by atoms with Crippen molar-refractivity contribution in [1.29, 1.82) is 0 Å². The topological polar surface area (TPSA) is 26.3 Å². The molecule has 3 fully saturated rings. The highest BCUT2D eigenvalue weighted by Gasteiger charge is 2.59. The van der Waals surface area contributed by atoms with Crippen LogP contribution in [0, 0.1) is 46.3 Å². The maximum atomic E-state index is 11.5. The van der Waals surface area contributed by atoms with E-state index in [1.54, 1.807) is 12.5 Å².